The van der Waals surface area contributed by atoms with Crippen LogP contribution in [0.5, 0.6) is 0 Å². The van der Waals surface area contributed by atoms with E-state index in [4.69, 9.17) is 34.8 Å². The number of rotatable bonds is 1. The molecule has 0 aliphatic heterocycles. The molecule has 0 nitrogen and oxygen atoms in total. The van der Waals surface area contributed by atoms with Crippen molar-refractivity contribution in [2.45, 2.75) is 68.0 Å². The molecular formula is C12H20Cl3. The molecule has 0 spiro atoms. The van der Waals surface area contributed by atoms with E-state index in [-0.39, 0.29) is 0 Å². The summed E-state index contributed by atoms with van der Waals surface area (Å²) in [4.78, 5) is 0. The van der Waals surface area contributed by atoms with Crippen LogP contribution in [-0.4, -0.2) is 3.79 Å². The minimum absolute atomic E-state index is 0.650. The monoisotopic (exact) mass is 269 g/mol. The number of halogens is 3. The quantitative estimate of drug-likeness (QED) is 0.525. The van der Waals surface area contributed by atoms with Gasteiger partial charge in [0.15, 0.2) is 3.79 Å². The summed E-state index contributed by atoms with van der Waals surface area (Å²) < 4.78 is -1.08. The van der Waals surface area contributed by atoms with Gasteiger partial charge in [-0.15, -0.1) is 0 Å². The molecule has 0 aromatic rings. The molecule has 1 saturated carbocycles. The summed E-state index contributed by atoms with van der Waals surface area (Å²) in [6, 6.07) is 0. The summed E-state index contributed by atoms with van der Waals surface area (Å²) in [7, 11) is 0. The fourth-order valence-corrected chi connectivity index (χ4v) is 2.79. The van der Waals surface area contributed by atoms with E-state index in [1.54, 1.807) is 0 Å². The zero-order valence-corrected chi connectivity index (χ0v) is 11.5. The predicted molar refractivity (Wildman–Crippen MR) is 69.7 cm³/mol. The standard InChI is InChI=1S/C12H20Cl3/c13-12(14,15)10-11-8-6-4-2-1-3-5-7-9-11/h1-10H2. The van der Waals surface area contributed by atoms with Gasteiger partial charge >= 0.3 is 0 Å². The molecule has 1 fully saturated rings. The van der Waals surface area contributed by atoms with Crippen molar-refractivity contribution in [3.05, 3.63) is 5.92 Å². The van der Waals surface area contributed by atoms with Crippen molar-refractivity contribution < 1.29 is 0 Å². The Morgan fingerprint density at radius 1 is 0.733 bits per heavy atom. The first-order valence-electron chi connectivity index (χ1n) is 5.98. The van der Waals surface area contributed by atoms with E-state index in [1.807, 2.05) is 0 Å². The Hall–Kier alpha value is 0.870. The van der Waals surface area contributed by atoms with Crippen molar-refractivity contribution in [3.8, 4) is 0 Å². The molecule has 0 atom stereocenters. The van der Waals surface area contributed by atoms with Crippen molar-refractivity contribution in [2.75, 3.05) is 0 Å². The zero-order chi connectivity index (χ0) is 11.1. The third-order valence-electron chi connectivity index (χ3n) is 3.01. The molecule has 89 valence electrons. The Kier molecular flexibility index (Phi) is 6.73. The van der Waals surface area contributed by atoms with Crippen LogP contribution in [0.4, 0.5) is 0 Å². The Balaban J connectivity index is 2.31. The van der Waals surface area contributed by atoms with E-state index in [0.29, 0.717) is 6.42 Å². The van der Waals surface area contributed by atoms with Gasteiger partial charge in [0.25, 0.3) is 0 Å². The lowest BCUT2D eigenvalue weighted by molar-refractivity contribution is 0.506. The van der Waals surface area contributed by atoms with Crippen LogP contribution in [0.2, 0.25) is 0 Å². The van der Waals surface area contributed by atoms with Crippen LogP contribution in [0.15, 0.2) is 0 Å². The van der Waals surface area contributed by atoms with Gasteiger partial charge in [-0.25, -0.2) is 0 Å². The Labute approximate surface area is 109 Å². The van der Waals surface area contributed by atoms with Crippen LogP contribution in [0, 0.1) is 5.92 Å². The van der Waals surface area contributed by atoms with Gasteiger partial charge in [-0.05, 0) is 18.8 Å². The smallest absolute Gasteiger partial charge is 0.0837 e. The molecule has 1 rings (SSSR count). The van der Waals surface area contributed by atoms with Gasteiger partial charge in [-0.2, -0.15) is 0 Å². The summed E-state index contributed by atoms with van der Waals surface area (Å²) in [5, 5.41) is 0. The summed E-state index contributed by atoms with van der Waals surface area (Å²) in [6.45, 7) is 0. The Bertz CT molecular complexity index is 153. The van der Waals surface area contributed by atoms with E-state index in [0.717, 1.165) is 12.8 Å². The van der Waals surface area contributed by atoms with E-state index in [9.17, 15) is 0 Å². The maximum Gasteiger partial charge on any atom is 0.191 e. The summed E-state index contributed by atoms with van der Waals surface area (Å²) >= 11 is 17.5. The summed E-state index contributed by atoms with van der Waals surface area (Å²) in [5.74, 6) is 1.46. The highest BCUT2D eigenvalue weighted by Crippen LogP contribution is 2.38. The zero-order valence-electron chi connectivity index (χ0n) is 9.20. The summed E-state index contributed by atoms with van der Waals surface area (Å²) in [6.07, 6.45) is 12.3. The van der Waals surface area contributed by atoms with Gasteiger partial charge in [-0.3, -0.25) is 0 Å². The molecule has 0 aromatic heterocycles. The molecular weight excluding hydrogens is 250 g/mol. The lowest BCUT2D eigenvalue weighted by Gasteiger charge is -2.21. The maximum atomic E-state index is 5.84. The van der Waals surface area contributed by atoms with Crippen molar-refractivity contribution in [1.29, 1.82) is 0 Å². The number of hydrogen-bond donors (Lipinski definition) is 0. The highest BCUT2D eigenvalue weighted by molar-refractivity contribution is 6.67. The molecule has 0 aromatic carbocycles. The molecule has 1 aliphatic carbocycles. The van der Waals surface area contributed by atoms with Crippen molar-refractivity contribution in [3.63, 3.8) is 0 Å². The second-order valence-electron chi connectivity index (χ2n) is 4.52. The average Bonchev–Trinajstić information content (AvgIpc) is 2.13. The molecule has 0 bridgehead atoms. The molecule has 0 N–H and O–H groups in total. The topological polar surface area (TPSA) is 0 Å². The highest BCUT2D eigenvalue weighted by Gasteiger charge is 2.25. The van der Waals surface area contributed by atoms with Crippen molar-refractivity contribution >= 4 is 34.8 Å². The molecule has 0 amide bonds. The third kappa shape index (κ3) is 7.71. The normalized spacial score (nSPS) is 22.6. The van der Waals surface area contributed by atoms with Crippen LogP contribution in [0.3, 0.4) is 0 Å². The second kappa shape index (κ2) is 7.25. The molecule has 15 heavy (non-hydrogen) atoms. The second-order valence-corrected chi connectivity index (χ2v) is 7.03. The SMILES string of the molecule is ClC(Cl)(Cl)C[C]1CCCCCCCCC1. The molecule has 0 heterocycles. The first kappa shape index (κ1) is 13.9. The van der Waals surface area contributed by atoms with Crippen LogP contribution in [-0.2, 0) is 0 Å². The highest BCUT2D eigenvalue weighted by atomic mass is 35.6. The van der Waals surface area contributed by atoms with Crippen molar-refractivity contribution in [1.82, 2.24) is 0 Å². The van der Waals surface area contributed by atoms with Crippen LogP contribution in [0.1, 0.15) is 64.2 Å². The van der Waals surface area contributed by atoms with E-state index in [2.05, 4.69) is 0 Å². The van der Waals surface area contributed by atoms with Gasteiger partial charge in [0.1, 0.15) is 0 Å². The fraction of sp³-hybridized carbons (Fsp3) is 0.917. The van der Waals surface area contributed by atoms with Gasteiger partial charge in [0.2, 0.25) is 0 Å². The van der Waals surface area contributed by atoms with E-state index >= 15 is 0 Å². The van der Waals surface area contributed by atoms with Crippen LogP contribution in [0.25, 0.3) is 0 Å². The Morgan fingerprint density at radius 3 is 1.53 bits per heavy atom. The largest absolute Gasteiger partial charge is 0.191 e. The molecule has 0 saturated heterocycles. The minimum Gasteiger partial charge on any atom is -0.0837 e. The average molecular weight is 271 g/mol. The summed E-state index contributed by atoms with van der Waals surface area (Å²) in [5.41, 5.74) is 0. The lowest BCUT2D eigenvalue weighted by Crippen LogP contribution is -2.11. The van der Waals surface area contributed by atoms with Crippen LogP contribution >= 0.6 is 34.8 Å². The molecule has 3 heteroatoms. The number of hydrogen-bond acceptors (Lipinski definition) is 0. The lowest BCUT2D eigenvalue weighted by atomic mass is 9.90. The Morgan fingerprint density at radius 2 is 1.13 bits per heavy atom. The fourth-order valence-electron chi connectivity index (χ4n) is 2.22. The van der Waals surface area contributed by atoms with Gasteiger partial charge in [0.05, 0.1) is 0 Å². The van der Waals surface area contributed by atoms with Crippen LogP contribution < -0.4 is 0 Å². The minimum atomic E-state index is -1.08. The molecule has 0 unspecified atom stereocenters. The van der Waals surface area contributed by atoms with E-state index < -0.39 is 3.79 Å². The first-order valence-corrected chi connectivity index (χ1v) is 7.12. The molecule has 1 radical (unpaired) electrons. The van der Waals surface area contributed by atoms with Gasteiger partial charge < -0.3 is 0 Å². The van der Waals surface area contributed by atoms with Crippen molar-refractivity contribution in [2.24, 2.45) is 0 Å². The number of alkyl halides is 3. The predicted octanol–water partition coefficient (Wildman–Crippen LogP) is 5.85. The maximum absolute atomic E-state index is 5.84. The van der Waals surface area contributed by atoms with Gasteiger partial charge in [0, 0.05) is 6.42 Å². The molecule has 1 aliphatic rings. The van der Waals surface area contributed by atoms with Gasteiger partial charge in [-0.1, -0.05) is 79.7 Å². The first-order chi connectivity index (χ1) is 7.08. The van der Waals surface area contributed by atoms with E-state index in [1.165, 1.54) is 50.9 Å². The third-order valence-corrected chi connectivity index (χ3v) is 3.41.